The number of halogens is 1. The summed E-state index contributed by atoms with van der Waals surface area (Å²) in [4.78, 5) is 10.5. The van der Waals surface area contributed by atoms with Crippen LogP contribution in [0.25, 0.3) is 0 Å². The molecule has 0 amide bonds. The Labute approximate surface area is 121 Å². The van der Waals surface area contributed by atoms with E-state index in [4.69, 9.17) is 4.74 Å². The fourth-order valence-corrected chi connectivity index (χ4v) is 2.01. The van der Waals surface area contributed by atoms with Gasteiger partial charge >= 0.3 is 0 Å². The lowest BCUT2D eigenvalue weighted by atomic mass is 10.1. The van der Waals surface area contributed by atoms with Crippen molar-refractivity contribution < 1.29 is 14.1 Å². The van der Waals surface area contributed by atoms with Crippen LogP contribution in [0.5, 0.6) is 5.75 Å². The average molecular weight is 290 g/mol. The SMILES string of the molecule is CNCc1cccc(F)c1OCc1ccccc1[N+](=O)[O-]. The van der Waals surface area contributed by atoms with Crippen molar-refractivity contribution >= 4 is 5.69 Å². The van der Waals surface area contributed by atoms with Gasteiger partial charge in [-0.3, -0.25) is 10.1 Å². The van der Waals surface area contributed by atoms with Gasteiger partial charge in [-0.05, 0) is 19.2 Å². The molecule has 0 aliphatic heterocycles. The van der Waals surface area contributed by atoms with Crippen LogP contribution in [0.4, 0.5) is 10.1 Å². The number of hydrogen-bond acceptors (Lipinski definition) is 4. The van der Waals surface area contributed by atoms with E-state index >= 15 is 0 Å². The Morgan fingerprint density at radius 1 is 1.19 bits per heavy atom. The van der Waals surface area contributed by atoms with Crippen molar-refractivity contribution in [2.24, 2.45) is 0 Å². The lowest BCUT2D eigenvalue weighted by Crippen LogP contribution is -2.09. The van der Waals surface area contributed by atoms with Crippen molar-refractivity contribution in [3.8, 4) is 5.75 Å². The van der Waals surface area contributed by atoms with E-state index in [1.807, 2.05) is 0 Å². The average Bonchev–Trinajstić information content (AvgIpc) is 2.47. The minimum Gasteiger partial charge on any atom is -0.485 e. The van der Waals surface area contributed by atoms with Gasteiger partial charge in [-0.2, -0.15) is 0 Å². The zero-order valence-corrected chi connectivity index (χ0v) is 11.5. The van der Waals surface area contributed by atoms with E-state index in [1.165, 1.54) is 12.1 Å². The number of nitrogens with zero attached hydrogens (tertiary/aromatic N) is 1. The van der Waals surface area contributed by atoms with Crippen molar-refractivity contribution in [3.63, 3.8) is 0 Å². The van der Waals surface area contributed by atoms with E-state index in [0.717, 1.165) is 0 Å². The van der Waals surface area contributed by atoms with Crippen LogP contribution in [0.2, 0.25) is 0 Å². The highest BCUT2D eigenvalue weighted by molar-refractivity contribution is 5.40. The molecule has 2 aromatic carbocycles. The predicted octanol–water partition coefficient (Wildman–Crippen LogP) is 3.03. The van der Waals surface area contributed by atoms with Crippen LogP contribution < -0.4 is 10.1 Å². The number of nitro groups is 1. The molecule has 2 aromatic rings. The van der Waals surface area contributed by atoms with Gasteiger partial charge in [0.15, 0.2) is 11.6 Å². The van der Waals surface area contributed by atoms with E-state index in [9.17, 15) is 14.5 Å². The maximum absolute atomic E-state index is 13.8. The summed E-state index contributed by atoms with van der Waals surface area (Å²) < 4.78 is 19.3. The quantitative estimate of drug-likeness (QED) is 0.656. The molecule has 0 heterocycles. The fraction of sp³-hybridized carbons (Fsp3) is 0.200. The molecule has 0 aromatic heterocycles. The van der Waals surface area contributed by atoms with Crippen LogP contribution in [-0.2, 0) is 13.2 Å². The first-order valence-electron chi connectivity index (χ1n) is 6.40. The second kappa shape index (κ2) is 6.81. The number of ether oxygens (including phenoxy) is 1. The third-order valence-electron chi connectivity index (χ3n) is 2.98. The molecule has 0 fully saturated rings. The Balaban J connectivity index is 2.23. The Hall–Kier alpha value is -2.47. The fourth-order valence-electron chi connectivity index (χ4n) is 2.01. The number of nitrogens with one attached hydrogen (secondary N) is 1. The predicted molar refractivity (Wildman–Crippen MR) is 76.6 cm³/mol. The maximum atomic E-state index is 13.8. The molecule has 0 bridgehead atoms. The van der Waals surface area contributed by atoms with Crippen LogP contribution in [0.3, 0.4) is 0 Å². The molecule has 0 saturated heterocycles. The smallest absolute Gasteiger partial charge is 0.276 e. The van der Waals surface area contributed by atoms with Crippen molar-refractivity contribution in [3.05, 3.63) is 69.5 Å². The molecule has 0 atom stereocenters. The maximum Gasteiger partial charge on any atom is 0.276 e. The zero-order valence-electron chi connectivity index (χ0n) is 11.5. The van der Waals surface area contributed by atoms with Crippen molar-refractivity contribution in [1.29, 1.82) is 0 Å². The zero-order chi connectivity index (χ0) is 15.2. The molecule has 0 saturated carbocycles. The van der Waals surface area contributed by atoms with Crippen LogP contribution in [0, 0.1) is 15.9 Å². The van der Waals surface area contributed by atoms with Gasteiger partial charge in [-0.15, -0.1) is 0 Å². The molecule has 6 heteroatoms. The molecule has 110 valence electrons. The summed E-state index contributed by atoms with van der Waals surface area (Å²) in [6, 6.07) is 10.9. The highest BCUT2D eigenvalue weighted by Crippen LogP contribution is 2.25. The first kappa shape index (κ1) is 14.9. The minimum atomic E-state index is -0.485. The molecular formula is C15H15FN2O3. The van der Waals surface area contributed by atoms with E-state index in [0.29, 0.717) is 17.7 Å². The number of benzene rings is 2. The third-order valence-corrected chi connectivity index (χ3v) is 2.98. The normalized spacial score (nSPS) is 10.4. The van der Waals surface area contributed by atoms with Gasteiger partial charge in [-0.25, -0.2) is 4.39 Å². The number of hydrogen-bond donors (Lipinski definition) is 1. The summed E-state index contributed by atoms with van der Waals surface area (Å²) in [6.45, 7) is 0.388. The van der Waals surface area contributed by atoms with E-state index in [2.05, 4.69) is 5.32 Å². The first-order chi connectivity index (χ1) is 10.1. The second-order valence-electron chi connectivity index (χ2n) is 4.43. The monoisotopic (exact) mass is 290 g/mol. The summed E-state index contributed by atoms with van der Waals surface area (Å²) >= 11 is 0. The largest absolute Gasteiger partial charge is 0.485 e. The Bertz CT molecular complexity index is 647. The summed E-state index contributed by atoms with van der Waals surface area (Å²) in [5, 5.41) is 13.9. The second-order valence-corrected chi connectivity index (χ2v) is 4.43. The van der Waals surface area contributed by atoms with Gasteiger partial charge in [0, 0.05) is 18.2 Å². The van der Waals surface area contributed by atoms with E-state index in [-0.39, 0.29) is 18.0 Å². The Morgan fingerprint density at radius 3 is 2.62 bits per heavy atom. The van der Waals surface area contributed by atoms with Gasteiger partial charge < -0.3 is 10.1 Å². The van der Waals surface area contributed by atoms with Crippen LogP contribution >= 0.6 is 0 Å². The van der Waals surface area contributed by atoms with Crippen LogP contribution in [-0.4, -0.2) is 12.0 Å². The molecule has 0 spiro atoms. The summed E-state index contributed by atoms with van der Waals surface area (Å²) in [5.41, 5.74) is 1.03. The van der Waals surface area contributed by atoms with E-state index in [1.54, 1.807) is 37.4 Å². The van der Waals surface area contributed by atoms with Crippen molar-refractivity contribution in [1.82, 2.24) is 5.32 Å². The number of para-hydroxylation sites is 2. The lowest BCUT2D eigenvalue weighted by Gasteiger charge is -2.12. The van der Waals surface area contributed by atoms with Gasteiger partial charge in [-0.1, -0.05) is 24.3 Å². The summed E-state index contributed by atoms with van der Waals surface area (Å²) in [7, 11) is 1.75. The van der Waals surface area contributed by atoms with Gasteiger partial charge in [0.1, 0.15) is 6.61 Å². The molecule has 21 heavy (non-hydrogen) atoms. The summed E-state index contributed by atoms with van der Waals surface area (Å²) in [6.07, 6.45) is 0. The molecule has 1 N–H and O–H groups in total. The molecule has 0 unspecified atom stereocenters. The van der Waals surface area contributed by atoms with Gasteiger partial charge in [0.2, 0.25) is 0 Å². The Morgan fingerprint density at radius 2 is 1.90 bits per heavy atom. The number of nitro benzene ring substituents is 1. The highest BCUT2D eigenvalue weighted by Gasteiger charge is 2.15. The lowest BCUT2D eigenvalue weighted by molar-refractivity contribution is -0.385. The standard InChI is InChI=1S/C15H15FN2O3/c1-17-9-11-6-4-7-13(16)15(11)21-10-12-5-2-3-8-14(12)18(19)20/h2-8,17H,9-10H2,1H3. The van der Waals surface area contributed by atoms with Gasteiger partial charge in [0.05, 0.1) is 10.5 Å². The molecule has 0 aliphatic carbocycles. The summed E-state index contributed by atoms with van der Waals surface area (Å²) in [5.74, 6) is -0.369. The van der Waals surface area contributed by atoms with Gasteiger partial charge in [0.25, 0.3) is 5.69 Å². The van der Waals surface area contributed by atoms with Crippen molar-refractivity contribution in [2.45, 2.75) is 13.2 Å². The minimum absolute atomic E-state index is 0.0380. The van der Waals surface area contributed by atoms with E-state index < -0.39 is 10.7 Å². The van der Waals surface area contributed by atoms with Crippen molar-refractivity contribution in [2.75, 3.05) is 7.05 Å². The topological polar surface area (TPSA) is 64.4 Å². The molecular weight excluding hydrogens is 275 g/mol. The Kier molecular flexibility index (Phi) is 4.84. The molecule has 5 nitrogen and oxygen atoms in total. The molecule has 0 aliphatic rings. The van der Waals surface area contributed by atoms with Crippen LogP contribution in [0.15, 0.2) is 42.5 Å². The molecule has 2 rings (SSSR count). The molecule has 0 radical (unpaired) electrons. The van der Waals surface area contributed by atoms with Crippen LogP contribution in [0.1, 0.15) is 11.1 Å². The highest BCUT2D eigenvalue weighted by atomic mass is 19.1. The number of rotatable bonds is 6. The first-order valence-corrected chi connectivity index (χ1v) is 6.40. The third kappa shape index (κ3) is 3.55.